The van der Waals surface area contributed by atoms with Crippen LogP contribution in [0.2, 0.25) is 0 Å². The number of carbonyl (C=O) groups is 2. The molecule has 0 bridgehead atoms. The van der Waals surface area contributed by atoms with Crippen LogP contribution >= 0.6 is 11.3 Å². The highest BCUT2D eigenvalue weighted by molar-refractivity contribution is 7.09. The van der Waals surface area contributed by atoms with E-state index in [9.17, 15) is 9.59 Å². The summed E-state index contributed by atoms with van der Waals surface area (Å²) in [5.41, 5.74) is 0. The van der Waals surface area contributed by atoms with E-state index in [1.165, 1.54) is 4.88 Å². The number of hydrogen-bond donors (Lipinski definition) is 0. The number of ether oxygens (including phenoxy) is 1. The molecule has 1 saturated heterocycles. The molecule has 19 heavy (non-hydrogen) atoms. The van der Waals surface area contributed by atoms with Gasteiger partial charge < -0.3 is 9.64 Å². The van der Waals surface area contributed by atoms with Gasteiger partial charge in [-0.1, -0.05) is 6.07 Å². The Hall–Kier alpha value is -1.36. The van der Waals surface area contributed by atoms with Crippen LogP contribution in [-0.2, 0) is 20.7 Å². The first-order valence-electron chi connectivity index (χ1n) is 6.71. The van der Waals surface area contributed by atoms with Crippen molar-refractivity contribution < 1.29 is 14.3 Å². The Labute approximate surface area is 117 Å². The average molecular weight is 281 g/mol. The molecule has 1 atom stereocenters. The Bertz CT molecular complexity index is 430. The Morgan fingerprint density at radius 1 is 1.53 bits per heavy atom. The van der Waals surface area contributed by atoms with Crippen molar-refractivity contribution in [1.82, 2.24) is 4.90 Å². The number of amides is 1. The second-order valence-electron chi connectivity index (χ2n) is 4.58. The summed E-state index contributed by atoms with van der Waals surface area (Å²) < 4.78 is 5.03. The molecule has 5 heteroatoms. The normalized spacial score (nSPS) is 18.6. The van der Waals surface area contributed by atoms with Crippen LogP contribution in [0.3, 0.4) is 0 Å². The largest absolute Gasteiger partial charge is 0.464 e. The summed E-state index contributed by atoms with van der Waals surface area (Å²) in [4.78, 5) is 26.9. The predicted molar refractivity (Wildman–Crippen MR) is 74.0 cm³/mol. The standard InChI is InChI=1S/C14H19NO3S/c1-2-18-14(17)12-6-3-9-15(12)13(16)8-7-11-5-4-10-19-11/h4-5,10,12H,2-3,6-9H2,1H3. The monoisotopic (exact) mass is 281 g/mol. The molecule has 1 aromatic heterocycles. The lowest BCUT2D eigenvalue weighted by Crippen LogP contribution is -2.41. The van der Waals surface area contributed by atoms with E-state index in [1.807, 2.05) is 17.5 Å². The third kappa shape index (κ3) is 3.56. The molecule has 0 spiro atoms. The zero-order valence-electron chi connectivity index (χ0n) is 11.1. The minimum atomic E-state index is -0.365. The Kier molecular flexibility index (Phi) is 4.96. The number of nitrogens with zero attached hydrogens (tertiary/aromatic N) is 1. The van der Waals surface area contributed by atoms with Gasteiger partial charge in [-0.25, -0.2) is 4.79 Å². The van der Waals surface area contributed by atoms with E-state index in [1.54, 1.807) is 23.2 Å². The maximum Gasteiger partial charge on any atom is 0.328 e. The lowest BCUT2D eigenvalue weighted by molar-refractivity contribution is -0.153. The summed E-state index contributed by atoms with van der Waals surface area (Å²) in [6.45, 7) is 2.83. The molecular formula is C14H19NO3S. The first-order valence-corrected chi connectivity index (χ1v) is 7.59. The average Bonchev–Trinajstić information content (AvgIpc) is 3.07. The SMILES string of the molecule is CCOC(=O)C1CCCN1C(=O)CCc1cccs1. The van der Waals surface area contributed by atoms with Gasteiger partial charge in [0.05, 0.1) is 6.61 Å². The molecule has 1 aliphatic rings. The summed E-state index contributed by atoms with van der Waals surface area (Å²) in [7, 11) is 0. The van der Waals surface area contributed by atoms with Crippen LogP contribution in [0.15, 0.2) is 17.5 Å². The van der Waals surface area contributed by atoms with E-state index < -0.39 is 0 Å². The van der Waals surface area contributed by atoms with Gasteiger partial charge in [0.1, 0.15) is 6.04 Å². The van der Waals surface area contributed by atoms with Crippen LogP contribution < -0.4 is 0 Å². The van der Waals surface area contributed by atoms with Gasteiger partial charge in [0, 0.05) is 17.8 Å². The summed E-state index contributed by atoms with van der Waals surface area (Å²) in [5, 5.41) is 2.01. The number of rotatable bonds is 5. The molecule has 0 aliphatic carbocycles. The molecule has 2 heterocycles. The zero-order valence-corrected chi connectivity index (χ0v) is 11.9. The second-order valence-corrected chi connectivity index (χ2v) is 5.61. The maximum absolute atomic E-state index is 12.2. The van der Waals surface area contributed by atoms with Crippen LogP contribution in [-0.4, -0.2) is 36.0 Å². The summed E-state index contributed by atoms with van der Waals surface area (Å²) in [6.07, 6.45) is 2.83. The van der Waals surface area contributed by atoms with Crippen molar-refractivity contribution in [2.75, 3.05) is 13.2 Å². The number of hydrogen-bond acceptors (Lipinski definition) is 4. The van der Waals surface area contributed by atoms with Gasteiger partial charge in [-0.3, -0.25) is 4.79 Å². The highest BCUT2D eigenvalue weighted by Crippen LogP contribution is 2.20. The Morgan fingerprint density at radius 2 is 2.37 bits per heavy atom. The van der Waals surface area contributed by atoms with Gasteiger partial charge in [-0.15, -0.1) is 11.3 Å². The number of likely N-dealkylation sites (tertiary alicyclic amines) is 1. The van der Waals surface area contributed by atoms with Crippen LogP contribution in [0, 0.1) is 0 Å². The molecule has 104 valence electrons. The molecule has 4 nitrogen and oxygen atoms in total. The molecule has 1 amide bonds. The van der Waals surface area contributed by atoms with Crippen molar-refractivity contribution in [1.29, 1.82) is 0 Å². The number of thiophene rings is 1. The van der Waals surface area contributed by atoms with Crippen molar-refractivity contribution in [3.05, 3.63) is 22.4 Å². The summed E-state index contributed by atoms with van der Waals surface area (Å²) >= 11 is 1.66. The third-order valence-corrected chi connectivity index (χ3v) is 4.23. The molecule has 0 saturated carbocycles. The maximum atomic E-state index is 12.2. The van der Waals surface area contributed by atoms with Gasteiger partial charge in [0.25, 0.3) is 0 Å². The molecule has 2 rings (SSSR count). The highest BCUT2D eigenvalue weighted by Gasteiger charge is 2.34. The minimum Gasteiger partial charge on any atom is -0.464 e. The fraction of sp³-hybridized carbons (Fsp3) is 0.571. The molecule has 1 aliphatic heterocycles. The second kappa shape index (κ2) is 6.70. The van der Waals surface area contributed by atoms with Gasteiger partial charge in [0.15, 0.2) is 0 Å². The smallest absolute Gasteiger partial charge is 0.328 e. The highest BCUT2D eigenvalue weighted by atomic mass is 32.1. The van der Waals surface area contributed by atoms with E-state index >= 15 is 0 Å². The fourth-order valence-electron chi connectivity index (χ4n) is 2.38. The summed E-state index contributed by atoms with van der Waals surface area (Å²) in [6, 6.07) is 3.66. The quantitative estimate of drug-likeness (QED) is 0.778. The van der Waals surface area contributed by atoms with Crippen LogP contribution in [0.5, 0.6) is 0 Å². The van der Waals surface area contributed by atoms with Crippen LogP contribution in [0.1, 0.15) is 31.1 Å². The molecule has 1 fully saturated rings. The molecule has 0 radical (unpaired) electrons. The summed E-state index contributed by atoms with van der Waals surface area (Å²) in [5.74, 6) is -0.201. The third-order valence-electron chi connectivity index (χ3n) is 3.30. The molecule has 1 aromatic rings. The van der Waals surface area contributed by atoms with E-state index in [0.717, 1.165) is 19.3 Å². The van der Waals surface area contributed by atoms with Gasteiger partial charge >= 0.3 is 5.97 Å². The van der Waals surface area contributed by atoms with Crippen LogP contribution in [0.25, 0.3) is 0 Å². The van der Waals surface area contributed by atoms with Crippen molar-refractivity contribution in [3.63, 3.8) is 0 Å². The van der Waals surface area contributed by atoms with Crippen molar-refractivity contribution in [3.8, 4) is 0 Å². The van der Waals surface area contributed by atoms with E-state index in [-0.39, 0.29) is 17.9 Å². The number of esters is 1. The van der Waals surface area contributed by atoms with Crippen molar-refractivity contribution in [2.45, 2.75) is 38.6 Å². The van der Waals surface area contributed by atoms with Crippen molar-refractivity contribution in [2.24, 2.45) is 0 Å². The fourth-order valence-corrected chi connectivity index (χ4v) is 3.09. The Balaban J connectivity index is 1.88. The number of aryl methyl sites for hydroxylation is 1. The van der Waals surface area contributed by atoms with Gasteiger partial charge in [-0.05, 0) is 37.6 Å². The lowest BCUT2D eigenvalue weighted by Gasteiger charge is -2.23. The van der Waals surface area contributed by atoms with Crippen LogP contribution in [0.4, 0.5) is 0 Å². The van der Waals surface area contributed by atoms with E-state index in [4.69, 9.17) is 4.74 Å². The predicted octanol–water partition coefficient (Wildman–Crippen LogP) is 2.23. The van der Waals surface area contributed by atoms with Crippen molar-refractivity contribution >= 4 is 23.2 Å². The molecular weight excluding hydrogens is 262 g/mol. The van der Waals surface area contributed by atoms with Gasteiger partial charge in [-0.2, -0.15) is 0 Å². The molecule has 0 N–H and O–H groups in total. The molecule has 0 aromatic carbocycles. The van der Waals surface area contributed by atoms with E-state index in [0.29, 0.717) is 19.6 Å². The topological polar surface area (TPSA) is 46.6 Å². The Morgan fingerprint density at radius 3 is 3.05 bits per heavy atom. The zero-order chi connectivity index (χ0) is 13.7. The first kappa shape index (κ1) is 14.1. The number of carbonyl (C=O) groups excluding carboxylic acids is 2. The molecule has 1 unspecified atom stereocenters. The van der Waals surface area contributed by atoms with Gasteiger partial charge in [0.2, 0.25) is 5.91 Å². The first-order chi connectivity index (χ1) is 9.22. The van der Waals surface area contributed by atoms with E-state index in [2.05, 4.69) is 0 Å². The minimum absolute atomic E-state index is 0.0592. The lowest BCUT2D eigenvalue weighted by atomic mass is 10.2.